The Bertz CT molecular complexity index is 1050. The van der Waals surface area contributed by atoms with Gasteiger partial charge in [-0.3, -0.25) is 4.79 Å². The van der Waals surface area contributed by atoms with Crippen molar-refractivity contribution in [1.82, 2.24) is 9.88 Å². The molecule has 3 heterocycles. The Labute approximate surface area is 174 Å². The summed E-state index contributed by atoms with van der Waals surface area (Å²) < 4.78 is 35.8. The number of piperidine rings is 2. The van der Waals surface area contributed by atoms with Crippen molar-refractivity contribution in [3.63, 3.8) is 0 Å². The van der Waals surface area contributed by atoms with Gasteiger partial charge >= 0.3 is 0 Å². The molecule has 6 rings (SSSR count). The van der Waals surface area contributed by atoms with E-state index in [1.54, 1.807) is 6.07 Å². The van der Waals surface area contributed by atoms with Gasteiger partial charge in [-0.2, -0.15) is 5.26 Å². The van der Waals surface area contributed by atoms with Crippen molar-refractivity contribution in [3.8, 4) is 11.8 Å². The summed E-state index contributed by atoms with van der Waals surface area (Å²) >= 11 is 0. The molecule has 4 fully saturated rings. The molecule has 158 valence electrons. The monoisotopic (exact) mass is 413 g/mol. The van der Waals surface area contributed by atoms with Crippen LogP contribution in [-0.4, -0.2) is 35.0 Å². The maximum absolute atomic E-state index is 15.9. The number of fused-ring (bicyclic) bond motifs is 1. The number of nitriles is 1. The normalized spacial score (nSPS) is 31.6. The van der Waals surface area contributed by atoms with E-state index in [4.69, 9.17) is 4.74 Å². The minimum atomic E-state index is -2.04. The van der Waals surface area contributed by atoms with Crippen LogP contribution in [0.3, 0.4) is 0 Å². The molecular formula is C23H25F2N3O2. The third-order valence-corrected chi connectivity index (χ3v) is 7.47. The Morgan fingerprint density at radius 1 is 1.37 bits per heavy atom. The van der Waals surface area contributed by atoms with Crippen molar-refractivity contribution in [2.24, 2.45) is 11.3 Å². The largest absolute Gasteiger partial charge is 0.494 e. The van der Waals surface area contributed by atoms with Gasteiger partial charge in [0.15, 0.2) is 11.6 Å². The van der Waals surface area contributed by atoms with E-state index in [0.717, 1.165) is 19.3 Å². The summed E-state index contributed by atoms with van der Waals surface area (Å²) in [5.41, 5.74) is -1.77. The van der Waals surface area contributed by atoms with E-state index in [0.29, 0.717) is 24.3 Å². The number of hydrogen-bond acceptors (Lipinski definition) is 3. The topological polar surface area (TPSA) is 69.1 Å². The Balaban J connectivity index is 1.43. The number of alkyl halides is 1. The van der Waals surface area contributed by atoms with Gasteiger partial charge in [-0.1, -0.05) is 0 Å². The molecule has 4 aliphatic rings. The number of H-pyrrole nitrogens is 1. The molecule has 0 spiro atoms. The van der Waals surface area contributed by atoms with Gasteiger partial charge in [0.1, 0.15) is 5.67 Å². The summed E-state index contributed by atoms with van der Waals surface area (Å²) in [4.78, 5) is 18.0. The lowest BCUT2D eigenvalue weighted by Crippen LogP contribution is -2.63. The molecule has 2 aromatic rings. The molecule has 5 nitrogen and oxygen atoms in total. The van der Waals surface area contributed by atoms with Crippen molar-refractivity contribution >= 4 is 16.8 Å². The fourth-order valence-corrected chi connectivity index (χ4v) is 6.37. The number of halogens is 2. The summed E-state index contributed by atoms with van der Waals surface area (Å²) in [7, 11) is 1.36. The Morgan fingerprint density at radius 2 is 2.07 bits per heavy atom. The number of aromatic amines is 1. The SMILES string of the molecule is COc1ccc2[nH]cc(C(C)(F)CC(=O)N3C4CC5CC3CC(C#N)(C5)C4)c2c1F. The summed E-state index contributed by atoms with van der Waals surface area (Å²) in [5.74, 6) is -0.358. The van der Waals surface area contributed by atoms with Crippen molar-refractivity contribution in [1.29, 1.82) is 5.26 Å². The second kappa shape index (κ2) is 6.44. The number of hydrogen-bond donors (Lipinski definition) is 1. The maximum Gasteiger partial charge on any atom is 0.226 e. The van der Waals surface area contributed by atoms with Gasteiger partial charge in [0.05, 0.1) is 25.0 Å². The molecule has 2 saturated heterocycles. The van der Waals surface area contributed by atoms with Crippen LogP contribution in [0.1, 0.15) is 51.0 Å². The number of nitrogens with one attached hydrogen (secondary N) is 1. The van der Waals surface area contributed by atoms with Crippen molar-refractivity contribution in [2.75, 3.05) is 7.11 Å². The quantitative estimate of drug-likeness (QED) is 0.798. The molecule has 7 heteroatoms. The predicted molar refractivity (Wildman–Crippen MR) is 107 cm³/mol. The zero-order chi connectivity index (χ0) is 21.3. The number of benzene rings is 1. The van der Waals surface area contributed by atoms with Gasteiger partial charge in [-0.15, -0.1) is 0 Å². The molecular weight excluding hydrogens is 388 g/mol. The van der Waals surface area contributed by atoms with Crippen LogP contribution in [0.2, 0.25) is 0 Å². The van der Waals surface area contributed by atoms with Crippen LogP contribution in [0, 0.1) is 28.5 Å². The summed E-state index contributed by atoms with van der Waals surface area (Å²) in [6, 6.07) is 5.66. The van der Waals surface area contributed by atoms with Crippen molar-refractivity contribution < 1.29 is 18.3 Å². The van der Waals surface area contributed by atoms with Crippen molar-refractivity contribution in [2.45, 2.75) is 63.2 Å². The third kappa shape index (κ3) is 2.73. The number of carbonyl (C=O) groups excluding carboxylic acids is 1. The highest BCUT2D eigenvalue weighted by Gasteiger charge is 2.56. The molecule has 30 heavy (non-hydrogen) atoms. The number of rotatable bonds is 4. The first kappa shape index (κ1) is 19.3. The van der Waals surface area contributed by atoms with Crippen LogP contribution in [0.5, 0.6) is 5.75 Å². The number of amides is 1. The van der Waals surface area contributed by atoms with Crippen LogP contribution in [0.15, 0.2) is 18.3 Å². The van der Waals surface area contributed by atoms with Gasteiger partial charge in [0.2, 0.25) is 5.91 Å². The zero-order valence-corrected chi connectivity index (χ0v) is 17.2. The predicted octanol–water partition coefficient (Wildman–Crippen LogP) is 4.57. The van der Waals surface area contributed by atoms with E-state index < -0.39 is 11.5 Å². The molecule has 0 radical (unpaired) electrons. The van der Waals surface area contributed by atoms with Gasteiger partial charge in [0.25, 0.3) is 0 Å². The Hall–Kier alpha value is -2.62. The fraction of sp³-hybridized carbons (Fsp3) is 0.565. The lowest BCUT2D eigenvalue weighted by molar-refractivity contribution is -0.156. The number of methoxy groups -OCH3 is 1. The highest BCUT2D eigenvalue weighted by atomic mass is 19.1. The first-order valence-corrected chi connectivity index (χ1v) is 10.5. The standard InChI is InChI=1S/C23H25F2N3O2/c1-22(25,16-11-27-17-3-4-18(30-2)21(24)20(16)17)10-19(29)28-14-5-13-6-15(28)9-23(7-13,8-14)12-26/h3-4,11,13-15,27H,5-10H2,1-2H3. The van der Waals surface area contributed by atoms with Crippen LogP contribution in [0.25, 0.3) is 10.9 Å². The Kier molecular flexibility index (Phi) is 4.15. The molecule has 3 unspecified atom stereocenters. The van der Waals surface area contributed by atoms with E-state index in [1.807, 2.05) is 4.90 Å². The number of carbonyl (C=O) groups is 1. The molecule has 1 aromatic carbocycles. The van der Waals surface area contributed by atoms with E-state index in [-0.39, 0.29) is 46.5 Å². The molecule has 2 saturated carbocycles. The molecule has 4 bridgehead atoms. The smallest absolute Gasteiger partial charge is 0.226 e. The number of ether oxygens (including phenoxy) is 1. The van der Waals surface area contributed by atoms with Crippen LogP contribution < -0.4 is 4.74 Å². The van der Waals surface area contributed by atoms with E-state index in [9.17, 15) is 14.4 Å². The first-order valence-electron chi connectivity index (χ1n) is 10.5. The minimum Gasteiger partial charge on any atom is -0.494 e. The van der Waals surface area contributed by atoms with E-state index in [1.165, 1.54) is 26.3 Å². The van der Waals surface area contributed by atoms with Gasteiger partial charge in [-0.05, 0) is 57.1 Å². The zero-order valence-electron chi connectivity index (χ0n) is 17.2. The third-order valence-electron chi connectivity index (χ3n) is 7.47. The fourth-order valence-electron chi connectivity index (χ4n) is 6.37. The van der Waals surface area contributed by atoms with Crippen LogP contribution >= 0.6 is 0 Å². The Morgan fingerprint density at radius 3 is 2.70 bits per heavy atom. The average Bonchev–Trinajstić information content (AvgIpc) is 3.13. The van der Waals surface area contributed by atoms with Gasteiger partial charge in [-0.25, -0.2) is 8.78 Å². The lowest BCUT2D eigenvalue weighted by Gasteiger charge is -2.59. The second-order valence-corrected chi connectivity index (χ2v) is 9.53. The molecule has 1 N–H and O–H groups in total. The number of nitrogens with zero attached hydrogens (tertiary/aromatic N) is 2. The average molecular weight is 413 g/mol. The summed E-state index contributed by atoms with van der Waals surface area (Å²) in [6.07, 6.45) is 5.18. The molecule has 1 amide bonds. The summed E-state index contributed by atoms with van der Waals surface area (Å²) in [5, 5.41) is 9.80. The van der Waals surface area contributed by atoms with Crippen molar-refractivity contribution in [3.05, 3.63) is 29.7 Å². The second-order valence-electron chi connectivity index (χ2n) is 9.53. The number of aromatic nitrogens is 1. The van der Waals surface area contributed by atoms with E-state index in [2.05, 4.69) is 11.1 Å². The van der Waals surface area contributed by atoms with Gasteiger partial charge in [0, 0.05) is 34.7 Å². The molecule has 1 aromatic heterocycles. The first-order chi connectivity index (χ1) is 14.3. The molecule has 2 aliphatic carbocycles. The highest BCUT2D eigenvalue weighted by molar-refractivity contribution is 5.87. The van der Waals surface area contributed by atoms with E-state index >= 15 is 4.39 Å². The van der Waals surface area contributed by atoms with Gasteiger partial charge < -0.3 is 14.6 Å². The van der Waals surface area contributed by atoms with Crippen LogP contribution in [0.4, 0.5) is 8.78 Å². The van der Waals surface area contributed by atoms with Crippen LogP contribution in [-0.2, 0) is 10.5 Å². The molecule has 2 aliphatic heterocycles. The minimum absolute atomic E-state index is 0.0130. The maximum atomic E-state index is 15.9. The summed E-state index contributed by atoms with van der Waals surface area (Å²) in [6.45, 7) is 1.33. The lowest BCUT2D eigenvalue weighted by atomic mass is 9.56. The highest BCUT2D eigenvalue weighted by Crippen LogP contribution is 2.56. The molecule has 3 atom stereocenters.